The van der Waals surface area contributed by atoms with Crippen LogP contribution in [0.5, 0.6) is 0 Å². The van der Waals surface area contributed by atoms with Crippen molar-refractivity contribution < 1.29 is 0 Å². The Morgan fingerprint density at radius 3 is 2.70 bits per heavy atom. The first-order valence-corrected chi connectivity index (χ1v) is 5.67. The molecular weight excluding hydrogens is 324 g/mol. The van der Waals surface area contributed by atoms with E-state index in [0.717, 1.165) is 11.8 Å². The van der Waals surface area contributed by atoms with Crippen molar-refractivity contribution in [2.45, 2.75) is 10.7 Å². The van der Waals surface area contributed by atoms with Crippen LogP contribution >= 0.6 is 47.8 Å². The molecule has 56 valence electrons. The molecule has 0 amide bonds. The zero-order valence-electron chi connectivity index (χ0n) is 5.28. The standard InChI is InChI=1S/C7H7Br3/c8-5-7(10)3-1-6(9)2-4-7/h1-3H,4-5H2. The fourth-order valence-electron chi connectivity index (χ4n) is 0.731. The molecule has 0 saturated carbocycles. The van der Waals surface area contributed by atoms with Gasteiger partial charge in [0, 0.05) is 9.81 Å². The highest BCUT2D eigenvalue weighted by Crippen LogP contribution is 2.32. The monoisotopic (exact) mass is 328 g/mol. The maximum absolute atomic E-state index is 3.62. The van der Waals surface area contributed by atoms with E-state index in [1.807, 2.05) is 0 Å². The van der Waals surface area contributed by atoms with Crippen molar-refractivity contribution in [1.82, 2.24) is 0 Å². The molecule has 0 spiro atoms. The Hall–Kier alpha value is 0.920. The summed E-state index contributed by atoms with van der Waals surface area (Å²) in [6.07, 6.45) is 7.43. The van der Waals surface area contributed by atoms with E-state index in [1.54, 1.807) is 0 Å². The van der Waals surface area contributed by atoms with Gasteiger partial charge in [0.05, 0.1) is 4.32 Å². The van der Waals surface area contributed by atoms with Gasteiger partial charge in [-0.2, -0.15) is 0 Å². The van der Waals surface area contributed by atoms with Crippen molar-refractivity contribution in [3.05, 3.63) is 22.7 Å². The predicted molar refractivity (Wildman–Crippen MR) is 56.2 cm³/mol. The summed E-state index contributed by atoms with van der Waals surface area (Å²) < 4.78 is 1.31. The molecule has 0 nitrogen and oxygen atoms in total. The first kappa shape index (κ1) is 9.01. The maximum atomic E-state index is 3.62. The summed E-state index contributed by atoms with van der Waals surface area (Å²) in [6.45, 7) is 0. The summed E-state index contributed by atoms with van der Waals surface area (Å²) in [7, 11) is 0. The number of hydrogen-bond acceptors (Lipinski definition) is 0. The number of alkyl halides is 2. The molecule has 0 bridgehead atoms. The molecule has 0 aromatic rings. The van der Waals surface area contributed by atoms with Crippen molar-refractivity contribution in [1.29, 1.82) is 0 Å². The highest BCUT2D eigenvalue weighted by molar-refractivity contribution is 9.12. The second-order valence-electron chi connectivity index (χ2n) is 2.29. The lowest BCUT2D eigenvalue weighted by atomic mass is 10.0. The summed E-state index contributed by atoms with van der Waals surface area (Å²) in [5.74, 6) is 0. The molecule has 0 aromatic heterocycles. The molecular formula is C7H7Br3. The van der Waals surface area contributed by atoms with Crippen LogP contribution in [0.4, 0.5) is 0 Å². The fourth-order valence-corrected chi connectivity index (χ4v) is 1.74. The summed E-state index contributed by atoms with van der Waals surface area (Å²) in [5.41, 5.74) is 0. The van der Waals surface area contributed by atoms with Crippen molar-refractivity contribution in [2.24, 2.45) is 0 Å². The van der Waals surface area contributed by atoms with Gasteiger partial charge in [0.2, 0.25) is 0 Å². The van der Waals surface area contributed by atoms with Gasteiger partial charge >= 0.3 is 0 Å². The van der Waals surface area contributed by atoms with Gasteiger partial charge < -0.3 is 0 Å². The Bertz CT molecular complexity index is 183. The number of allylic oxidation sites excluding steroid dienone is 4. The summed E-state index contributed by atoms with van der Waals surface area (Å²) >= 11 is 10.5. The van der Waals surface area contributed by atoms with Crippen molar-refractivity contribution in [2.75, 3.05) is 5.33 Å². The second-order valence-corrected chi connectivity index (χ2v) is 5.35. The zero-order valence-corrected chi connectivity index (χ0v) is 10.0. The van der Waals surface area contributed by atoms with Crippen molar-refractivity contribution in [3.63, 3.8) is 0 Å². The minimum absolute atomic E-state index is 0.143. The van der Waals surface area contributed by atoms with E-state index in [0.29, 0.717) is 0 Å². The average Bonchev–Trinajstić information content (AvgIpc) is 1.96. The van der Waals surface area contributed by atoms with Crippen LogP contribution in [0.2, 0.25) is 0 Å². The van der Waals surface area contributed by atoms with E-state index in [4.69, 9.17) is 0 Å². The zero-order chi connectivity index (χ0) is 7.61. The highest BCUT2D eigenvalue weighted by atomic mass is 79.9. The molecule has 0 heterocycles. The van der Waals surface area contributed by atoms with E-state index < -0.39 is 0 Å². The lowest BCUT2D eigenvalue weighted by Gasteiger charge is -2.21. The topological polar surface area (TPSA) is 0 Å². The maximum Gasteiger partial charge on any atom is 0.0571 e. The van der Waals surface area contributed by atoms with Gasteiger partial charge in [-0.15, -0.1) is 0 Å². The third-order valence-corrected chi connectivity index (χ3v) is 4.61. The minimum atomic E-state index is 0.143. The van der Waals surface area contributed by atoms with Gasteiger partial charge in [0.15, 0.2) is 0 Å². The SMILES string of the molecule is BrCC1(Br)C=CC(Br)=CC1. The number of rotatable bonds is 1. The third kappa shape index (κ3) is 2.21. The van der Waals surface area contributed by atoms with E-state index >= 15 is 0 Å². The molecule has 1 aliphatic rings. The first-order valence-electron chi connectivity index (χ1n) is 2.96. The fraction of sp³-hybridized carbons (Fsp3) is 0.429. The molecule has 1 unspecified atom stereocenters. The van der Waals surface area contributed by atoms with Crippen LogP contribution in [-0.2, 0) is 0 Å². The van der Waals surface area contributed by atoms with E-state index in [9.17, 15) is 0 Å². The van der Waals surface area contributed by atoms with Crippen LogP contribution in [0.15, 0.2) is 22.7 Å². The first-order chi connectivity index (χ1) is 4.66. The Kier molecular flexibility index (Phi) is 3.20. The third-order valence-electron chi connectivity index (χ3n) is 1.40. The number of halogens is 3. The molecule has 0 aromatic carbocycles. The summed E-state index contributed by atoms with van der Waals surface area (Å²) in [4.78, 5) is 0. The Morgan fingerprint density at radius 2 is 2.30 bits per heavy atom. The van der Waals surface area contributed by atoms with Crippen LogP contribution in [0.1, 0.15) is 6.42 Å². The smallest absolute Gasteiger partial charge is 0.0571 e. The van der Waals surface area contributed by atoms with Gasteiger partial charge in [-0.05, 0) is 6.42 Å². The largest absolute Gasteiger partial charge is 0.0909 e. The summed E-state index contributed by atoms with van der Waals surface area (Å²) in [6, 6.07) is 0. The molecule has 1 atom stereocenters. The quantitative estimate of drug-likeness (QED) is 0.642. The number of hydrogen-bond donors (Lipinski definition) is 0. The van der Waals surface area contributed by atoms with Crippen LogP contribution in [0.25, 0.3) is 0 Å². The van der Waals surface area contributed by atoms with Crippen LogP contribution in [-0.4, -0.2) is 9.65 Å². The van der Waals surface area contributed by atoms with Gasteiger partial charge in [-0.25, -0.2) is 0 Å². The van der Waals surface area contributed by atoms with E-state index in [1.165, 1.54) is 4.48 Å². The molecule has 0 aliphatic heterocycles. The Labute approximate surface area is 86.1 Å². The molecule has 0 fully saturated rings. The molecule has 3 heteroatoms. The molecule has 0 radical (unpaired) electrons. The predicted octanol–water partition coefficient (Wildman–Crippen LogP) is 3.75. The van der Waals surface area contributed by atoms with Gasteiger partial charge in [-0.3, -0.25) is 0 Å². The van der Waals surface area contributed by atoms with E-state index in [2.05, 4.69) is 66.0 Å². The van der Waals surface area contributed by atoms with Crippen LogP contribution in [0.3, 0.4) is 0 Å². The van der Waals surface area contributed by atoms with Crippen LogP contribution in [0, 0.1) is 0 Å². The molecule has 0 N–H and O–H groups in total. The van der Waals surface area contributed by atoms with E-state index in [-0.39, 0.29) is 4.32 Å². The molecule has 10 heavy (non-hydrogen) atoms. The highest BCUT2D eigenvalue weighted by Gasteiger charge is 2.22. The van der Waals surface area contributed by atoms with Gasteiger partial charge in [-0.1, -0.05) is 66.0 Å². The minimum Gasteiger partial charge on any atom is -0.0909 e. The Balaban J connectivity index is 2.67. The molecule has 0 saturated heterocycles. The lowest BCUT2D eigenvalue weighted by Crippen LogP contribution is -2.19. The molecule has 1 rings (SSSR count). The van der Waals surface area contributed by atoms with Gasteiger partial charge in [0.1, 0.15) is 0 Å². The van der Waals surface area contributed by atoms with Gasteiger partial charge in [0.25, 0.3) is 0 Å². The van der Waals surface area contributed by atoms with Crippen LogP contribution < -0.4 is 0 Å². The lowest BCUT2D eigenvalue weighted by molar-refractivity contribution is 0.832. The normalized spacial score (nSPS) is 32.1. The van der Waals surface area contributed by atoms with Crippen molar-refractivity contribution >= 4 is 47.8 Å². The second kappa shape index (κ2) is 3.55. The Morgan fingerprint density at radius 1 is 1.60 bits per heavy atom. The van der Waals surface area contributed by atoms with Crippen molar-refractivity contribution in [3.8, 4) is 0 Å². The molecule has 1 aliphatic carbocycles. The average molecular weight is 331 g/mol. The summed E-state index contributed by atoms with van der Waals surface area (Å²) in [5, 5.41) is 0.952.